The van der Waals surface area contributed by atoms with Crippen molar-refractivity contribution in [3.8, 4) is 0 Å². The SMILES string of the molecule is CCOC1(c2noc(C(CC)CN)n2)CCC(C)(C)CC1. The molecule has 2 N–H and O–H groups in total. The molecule has 0 radical (unpaired) electrons. The van der Waals surface area contributed by atoms with Crippen molar-refractivity contribution in [3.05, 3.63) is 11.7 Å². The molecule has 0 aliphatic heterocycles. The average Bonchev–Trinajstić information content (AvgIpc) is 2.93. The molecule has 0 spiro atoms. The Bertz CT molecular complexity index is 442. The van der Waals surface area contributed by atoms with Crippen LogP contribution in [-0.4, -0.2) is 23.3 Å². The van der Waals surface area contributed by atoms with Crippen molar-refractivity contribution in [3.63, 3.8) is 0 Å². The molecule has 0 aromatic carbocycles. The molecule has 0 saturated heterocycles. The third kappa shape index (κ3) is 3.46. The summed E-state index contributed by atoms with van der Waals surface area (Å²) in [5.41, 5.74) is 5.77. The van der Waals surface area contributed by atoms with Gasteiger partial charge in [-0.3, -0.25) is 0 Å². The molecule has 120 valence electrons. The number of nitrogens with zero attached hydrogens (tertiary/aromatic N) is 2. The van der Waals surface area contributed by atoms with Crippen LogP contribution in [0.2, 0.25) is 0 Å². The van der Waals surface area contributed by atoms with Crippen molar-refractivity contribution < 1.29 is 9.26 Å². The van der Waals surface area contributed by atoms with Crippen LogP contribution in [0.5, 0.6) is 0 Å². The van der Waals surface area contributed by atoms with Crippen LogP contribution < -0.4 is 5.73 Å². The predicted octanol–water partition coefficient (Wildman–Crippen LogP) is 3.35. The van der Waals surface area contributed by atoms with Crippen LogP contribution in [-0.2, 0) is 10.3 Å². The summed E-state index contributed by atoms with van der Waals surface area (Å²) in [6, 6.07) is 0. The molecule has 1 atom stereocenters. The van der Waals surface area contributed by atoms with E-state index in [-0.39, 0.29) is 11.5 Å². The molecule has 21 heavy (non-hydrogen) atoms. The van der Waals surface area contributed by atoms with Crippen LogP contribution in [0, 0.1) is 5.41 Å². The maximum absolute atomic E-state index is 6.09. The van der Waals surface area contributed by atoms with Crippen LogP contribution in [0.1, 0.15) is 77.4 Å². The Morgan fingerprint density at radius 2 is 1.90 bits per heavy atom. The topological polar surface area (TPSA) is 74.2 Å². The average molecular weight is 295 g/mol. The first-order valence-corrected chi connectivity index (χ1v) is 8.14. The number of aromatic nitrogens is 2. The first-order valence-electron chi connectivity index (χ1n) is 8.14. The van der Waals surface area contributed by atoms with Gasteiger partial charge in [-0.2, -0.15) is 4.98 Å². The second-order valence-corrected chi connectivity index (χ2v) is 6.89. The van der Waals surface area contributed by atoms with Gasteiger partial charge in [0.15, 0.2) is 0 Å². The molecule has 0 amide bonds. The van der Waals surface area contributed by atoms with Gasteiger partial charge in [0, 0.05) is 13.2 Å². The van der Waals surface area contributed by atoms with Gasteiger partial charge in [-0.1, -0.05) is 25.9 Å². The van der Waals surface area contributed by atoms with Crippen molar-refractivity contribution >= 4 is 0 Å². The molecule has 1 aliphatic rings. The molecule has 1 aliphatic carbocycles. The van der Waals surface area contributed by atoms with Gasteiger partial charge in [-0.15, -0.1) is 0 Å². The van der Waals surface area contributed by atoms with Gasteiger partial charge >= 0.3 is 0 Å². The minimum Gasteiger partial charge on any atom is -0.367 e. The van der Waals surface area contributed by atoms with E-state index in [9.17, 15) is 0 Å². The normalized spacial score (nSPS) is 22.1. The number of hydrogen-bond acceptors (Lipinski definition) is 5. The fraction of sp³-hybridized carbons (Fsp3) is 0.875. The monoisotopic (exact) mass is 295 g/mol. The molecule has 1 unspecified atom stereocenters. The molecule has 1 heterocycles. The van der Waals surface area contributed by atoms with E-state index < -0.39 is 0 Å². The van der Waals surface area contributed by atoms with E-state index in [0.717, 1.165) is 32.1 Å². The molecule has 5 nitrogen and oxygen atoms in total. The minimum atomic E-state index is -0.376. The summed E-state index contributed by atoms with van der Waals surface area (Å²) in [6.45, 7) is 9.93. The van der Waals surface area contributed by atoms with Crippen molar-refractivity contribution in [1.82, 2.24) is 10.1 Å². The number of hydrogen-bond donors (Lipinski definition) is 1. The summed E-state index contributed by atoms with van der Waals surface area (Å²) in [5, 5.41) is 4.23. The fourth-order valence-electron chi connectivity index (χ4n) is 3.07. The zero-order chi connectivity index (χ0) is 15.5. The molecule has 0 bridgehead atoms. The standard InChI is InChI=1S/C16H29N3O2/c1-5-12(11-17)13-18-14(19-21-13)16(20-6-2)9-7-15(3,4)8-10-16/h12H,5-11,17H2,1-4H3. The van der Waals surface area contributed by atoms with E-state index in [1.54, 1.807) is 0 Å². The van der Waals surface area contributed by atoms with Gasteiger partial charge in [0.05, 0.1) is 5.92 Å². The Morgan fingerprint density at radius 1 is 1.24 bits per heavy atom. The molecule has 5 heteroatoms. The zero-order valence-corrected chi connectivity index (χ0v) is 13.8. The summed E-state index contributed by atoms with van der Waals surface area (Å²) in [7, 11) is 0. The number of nitrogens with two attached hydrogens (primary N) is 1. The Kier molecular flexibility index (Phi) is 5.04. The van der Waals surface area contributed by atoms with E-state index in [0.29, 0.717) is 30.3 Å². The molecular formula is C16H29N3O2. The first kappa shape index (κ1) is 16.4. The van der Waals surface area contributed by atoms with Crippen LogP contribution in [0.25, 0.3) is 0 Å². The van der Waals surface area contributed by atoms with Crippen LogP contribution >= 0.6 is 0 Å². The van der Waals surface area contributed by atoms with Gasteiger partial charge in [0.1, 0.15) is 5.60 Å². The van der Waals surface area contributed by atoms with Crippen LogP contribution in [0.3, 0.4) is 0 Å². The van der Waals surface area contributed by atoms with Gasteiger partial charge in [-0.25, -0.2) is 0 Å². The predicted molar refractivity (Wildman–Crippen MR) is 81.9 cm³/mol. The van der Waals surface area contributed by atoms with Gasteiger partial charge in [0.25, 0.3) is 0 Å². The van der Waals surface area contributed by atoms with Crippen molar-refractivity contribution in [1.29, 1.82) is 0 Å². The van der Waals surface area contributed by atoms with Crippen LogP contribution in [0.15, 0.2) is 4.52 Å². The van der Waals surface area contributed by atoms with Crippen molar-refractivity contribution in [2.24, 2.45) is 11.1 Å². The lowest BCUT2D eigenvalue weighted by Gasteiger charge is -2.41. The van der Waals surface area contributed by atoms with Gasteiger partial charge in [-0.05, 0) is 44.4 Å². The summed E-state index contributed by atoms with van der Waals surface area (Å²) >= 11 is 0. The Hall–Kier alpha value is -0.940. The highest BCUT2D eigenvalue weighted by molar-refractivity contribution is 5.07. The van der Waals surface area contributed by atoms with Gasteiger partial charge < -0.3 is 15.0 Å². The Morgan fingerprint density at radius 3 is 2.43 bits per heavy atom. The molecule has 2 rings (SSSR count). The second kappa shape index (κ2) is 6.44. The lowest BCUT2D eigenvalue weighted by atomic mass is 9.70. The Labute approximate surface area is 127 Å². The summed E-state index contributed by atoms with van der Waals surface area (Å²) in [4.78, 5) is 4.63. The molecule has 1 aromatic heterocycles. The van der Waals surface area contributed by atoms with Crippen molar-refractivity contribution in [2.75, 3.05) is 13.2 Å². The lowest BCUT2D eigenvalue weighted by Crippen LogP contribution is -2.38. The van der Waals surface area contributed by atoms with E-state index in [4.69, 9.17) is 15.0 Å². The summed E-state index contributed by atoms with van der Waals surface area (Å²) < 4.78 is 11.6. The minimum absolute atomic E-state index is 0.143. The van der Waals surface area contributed by atoms with E-state index in [2.05, 4.69) is 30.9 Å². The number of rotatable bonds is 6. The molecule has 1 aromatic rings. The molecular weight excluding hydrogens is 266 g/mol. The first-order chi connectivity index (χ1) is 9.96. The quantitative estimate of drug-likeness (QED) is 0.871. The third-order valence-corrected chi connectivity index (χ3v) is 4.81. The highest BCUT2D eigenvalue weighted by atomic mass is 16.5. The maximum Gasteiger partial charge on any atom is 0.231 e. The molecule has 1 saturated carbocycles. The van der Waals surface area contributed by atoms with Gasteiger partial charge in [0.2, 0.25) is 11.7 Å². The second-order valence-electron chi connectivity index (χ2n) is 6.89. The van der Waals surface area contributed by atoms with E-state index in [1.807, 2.05) is 6.92 Å². The lowest BCUT2D eigenvalue weighted by molar-refractivity contribution is -0.0957. The van der Waals surface area contributed by atoms with E-state index >= 15 is 0 Å². The Balaban J connectivity index is 2.23. The maximum atomic E-state index is 6.09. The zero-order valence-electron chi connectivity index (χ0n) is 13.8. The summed E-state index contributed by atoms with van der Waals surface area (Å²) in [6.07, 6.45) is 5.04. The molecule has 1 fully saturated rings. The van der Waals surface area contributed by atoms with Crippen LogP contribution in [0.4, 0.5) is 0 Å². The highest BCUT2D eigenvalue weighted by Gasteiger charge is 2.44. The fourth-order valence-corrected chi connectivity index (χ4v) is 3.07. The van der Waals surface area contributed by atoms with E-state index in [1.165, 1.54) is 0 Å². The third-order valence-electron chi connectivity index (χ3n) is 4.81. The van der Waals surface area contributed by atoms with Crippen molar-refractivity contribution in [2.45, 2.75) is 71.3 Å². The summed E-state index contributed by atoms with van der Waals surface area (Å²) in [5.74, 6) is 1.51. The smallest absolute Gasteiger partial charge is 0.231 e. The largest absolute Gasteiger partial charge is 0.367 e. The highest BCUT2D eigenvalue weighted by Crippen LogP contribution is 2.46. The number of ether oxygens (including phenoxy) is 1.